The van der Waals surface area contributed by atoms with E-state index < -0.39 is 9.84 Å². The molecule has 1 unspecified atom stereocenters. The SMILES string of the molecule is CCc1cc(N2CCN(C3CCS(=O)(=O)C3)CC2)nc(-c2ccccn2)n1. The Hall–Kier alpha value is -2.06. The summed E-state index contributed by atoms with van der Waals surface area (Å²) in [5, 5.41) is 0. The quantitative estimate of drug-likeness (QED) is 0.785. The Morgan fingerprint density at radius 1 is 1.15 bits per heavy atom. The maximum atomic E-state index is 11.8. The highest BCUT2D eigenvalue weighted by Crippen LogP contribution is 2.23. The summed E-state index contributed by atoms with van der Waals surface area (Å²) in [7, 11) is -2.84. The fraction of sp³-hybridized carbons (Fsp3) is 0.526. The molecule has 0 aromatic carbocycles. The molecular formula is C19H25N5O2S. The van der Waals surface area contributed by atoms with Gasteiger partial charge in [-0.15, -0.1) is 0 Å². The van der Waals surface area contributed by atoms with Gasteiger partial charge in [0.05, 0.1) is 11.5 Å². The van der Waals surface area contributed by atoms with Crippen LogP contribution in [0, 0.1) is 0 Å². The first-order valence-corrected chi connectivity index (χ1v) is 11.3. The van der Waals surface area contributed by atoms with E-state index in [-0.39, 0.29) is 6.04 Å². The Morgan fingerprint density at radius 3 is 2.59 bits per heavy atom. The Kier molecular flexibility index (Phi) is 5.10. The number of anilines is 1. The van der Waals surface area contributed by atoms with Crippen molar-refractivity contribution in [3.05, 3.63) is 36.2 Å². The molecule has 144 valence electrons. The molecular weight excluding hydrogens is 362 g/mol. The Morgan fingerprint density at radius 2 is 1.96 bits per heavy atom. The minimum atomic E-state index is -2.84. The zero-order valence-electron chi connectivity index (χ0n) is 15.6. The summed E-state index contributed by atoms with van der Waals surface area (Å²) in [6.45, 7) is 5.51. The van der Waals surface area contributed by atoms with Crippen LogP contribution in [0.2, 0.25) is 0 Å². The number of nitrogens with zero attached hydrogens (tertiary/aromatic N) is 5. The number of aryl methyl sites for hydroxylation is 1. The standard InChI is InChI=1S/C19H25N5O2S/c1-2-15-13-18(22-19(21-15)17-5-3-4-7-20-17)24-10-8-23(9-11-24)16-6-12-27(25,26)14-16/h3-5,7,13,16H,2,6,8-12,14H2,1H3. The molecule has 0 aliphatic carbocycles. The van der Waals surface area contributed by atoms with E-state index in [9.17, 15) is 8.42 Å². The molecule has 0 radical (unpaired) electrons. The highest BCUT2D eigenvalue weighted by Gasteiger charge is 2.33. The van der Waals surface area contributed by atoms with E-state index >= 15 is 0 Å². The van der Waals surface area contributed by atoms with E-state index in [1.165, 1.54) is 0 Å². The molecule has 4 heterocycles. The lowest BCUT2D eigenvalue weighted by Gasteiger charge is -2.38. The highest BCUT2D eigenvalue weighted by atomic mass is 32.2. The first-order valence-electron chi connectivity index (χ1n) is 9.53. The van der Waals surface area contributed by atoms with E-state index in [1.807, 2.05) is 18.2 Å². The van der Waals surface area contributed by atoms with Crippen LogP contribution in [-0.2, 0) is 16.3 Å². The molecule has 7 nitrogen and oxygen atoms in total. The van der Waals surface area contributed by atoms with Gasteiger partial charge in [0.1, 0.15) is 11.5 Å². The van der Waals surface area contributed by atoms with Crippen molar-refractivity contribution in [1.29, 1.82) is 0 Å². The molecule has 2 aromatic rings. The smallest absolute Gasteiger partial charge is 0.180 e. The third kappa shape index (κ3) is 4.11. The lowest BCUT2D eigenvalue weighted by molar-refractivity contribution is 0.200. The topological polar surface area (TPSA) is 79.3 Å². The van der Waals surface area contributed by atoms with Gasteiger partial charge in [-0.25, -0.2) is 18.4 Å². The molecule has 1 atom stereocenters. The molecule has 2 saturated heterocycles. The fourth-order valence-corrected chi connectivity index (χ4v) is 5.58. The molecule has 0 spiro atoms. The number of sulfone groups is 1. The number of pyridine rings is 1. The third-order valence-electron chi connectivity index (χ3n) is 5.38. The number of hydrogen-bond donors (Lipinski definition) is 0. The van der Waals surface area contributed by atoms with Crippen LogP contribution in [0.25, 0.3) is 11.5 Å². The molecule has 0 bridgehead atoms. The van der Waals surface area contributed by atoms with E-state index in [0.29, 0.717) is 17.3 Å². The molecule has 2 aliphatic heterocycles. The van der Waals surface area contributed by atoms with Crippen LogP contribution in [0.5, 0.6) is 0 Å². The average molecular weight is 388 g/mol. The largest absolute Gasteiger partial charge is 0.354 e. The van der Waals surface area contributed by atoms with Gasteiger partial charge in [-0.3, -0.25) is 9.88 Å². The number of piperazine rings is 1. The van der Waals surface area contributed by atoms with Crippen LogP contribution >= 0.6 is 0 Å². The van der Waals surface area contributed by atoms with Crippen molar-refractivity contribution in [3.8, 4) is 11.5 Å². The maximum Gasteiger partial charge on any atom is 0.180 e. The van der Waals surface area contributed by atoms with Crippen molar-refractivity contribution in [2.24, 2.45) is 0 Å². The summed E-state index contributed by atoms with van der Waals surface area (Å²) in [5.74, 6) is 2.23. The number of rotatable bonds is 4. The van der Waals surface area contributed by atoms with Crippen molar-refractivity contribution < 1.29 is 8.42 Å². The summed E-state index contributed by atoms with van der Waals surface area (Å²) in [6.07, 6.45) is 3.36. The van der Waals surface area contributed by atoms with E-state index in [1.54, 1.807) is 6.20 Å². The maximum absolute atomic E-state index is 11.8. The second-order valence-corrected chi connectivity index (χ2v) is 9.42. The van der Waals surface area contributed by atoms with Crippen molar-refractivity contribution in [2.45, 2.75) is 25.8 Å². The average Bonchev–Trinajstić information content (AvgIpc) is 3.08. The summed E-state index contributed by atoms with van der Waals surface area (Å²) in [5.41, 5.74) is 1.79. The van der Waals surface area contributed by atoms with E-state index in [0.717, 1.165) is 56.2 Å². The van der Waals surface area contributed by atoms with Crippen molar-refractivity contribution >= 4 is 15.7 Å². The molecule has 2 aliphatic rings. The van der Waals surface area contributed by atoms with Gasteiger partial charge in [0.25, 0.3) is 0 Å². The Balaban J connectivity index is 1.49. The van der Waals surface area contributed by atoms with Crippen LogP contribution < -0.4 is 4.90 Å². The molecule has 27 heavy (non-hydrogen) atoms. The minimum absolute atomic E-state index is 0.179. The van der Waals surface area contributed by atoms with Crippen molar-refractivity contribution in [2.75, 3.05) is 42.6 Å². The normalized spacial score (nSPS) is 22.9. The Bertz CT molecular complexity index is 896. The van der Waals surface area contributed by atoms with Crippen molar-refractivity contribution in [3.63, 3.8) is 0 Å². The first kappa shape index (κ1) is 18.3. The lowest BCUT2D eigenvalue weighted by atomic mass is 10.2. The summed E-state index contributed by atoms with van der Waals surface area (Å²) in [4.78, 5) is 18.4. The van der Waals surface area contributed by atoms with Crippen LogP contribution in [0.1, 0.15) is 19.0 Å². The summed E-state index contributed by atoms with van der Waals surface area (Å²) in [6, 6.07) is 7.99. The molecule has 0 amide bonds. The van der Waals surface area contributed by atoms with Crippen LogP contribution in [0.4, 0.5) is 5.82 Å². The first-order chi connectivity index (χ1) is 13.0. The van der Waals surface area contributed by atoms with Crippen LogP contribution in [0.15, 0.2) is 30.5 Å². The van der Waals surface area contributed by atoms with Gasteiger partial charge in [-0.05, 0) is 25.0 Å². The Labute approximate surface area is 160 Å². The van der Waals surface area contributed by atoms with Crippen LogP contribution in [0.3, 0.4) is 0 Å². The van der Waals surface area contributed by atoms with Gasteiger partial charge in [0, 0.05) is 50.2 Å². The fourth-order valence-electron chi connectivity index (χ4n) is 3.82. The molecule has 0 saturated carbocycles. The van der Waals surface area contributed by atoms with Gasteiger partial charge in [-0.2, -0.15) is 0 Å². The van der Waals surface area contributed by atoms with E-state index in [4.69, 9.17) is 4.98 Å². The number of aromatic nitrogens is 3. The molecule has 2 aromatic heterocycles. The summed E-state index contributed by atoms with van der Waals surface area (Å²) >= 11 is 0. The van der Waals surface area contributed by atoms with Crippen molar-refractivity contribution in [1.82, 2.24) is 19.9 Å². The monoisotopic (exact) mass is 387 g/mol. The minimum Gasteiger partial charge on any atom is -0.354 e. The zero-order chi connectivity index (χ0) is 18.9. The summed E-state index contributed by atoms with van der Waals surface area (Å²) < 4.78 is 23.5. The third-order valence-corrected chi connectivity index (χ3v) is 7.14. The van der Waals surface area contributed by atoms with Crippen LogP contribution in [-0.4, -0.2) is 72.0 Å². The molecule has 2 fully saturated rings. The molecule has 8 heteroatoms. The predicted octanol–water partition coefficient (Wildman–Crippen LogP) is 1.41. The predicted molar refractivity (Wildman–Crippen MR) is 105 cm³/mol. The van der Waals surface area contributed by atoms with Gasteiger partial charge < -0.3 is 4.90 Å². The van der Waals surface area contributed by atoms with Gasteiger partial charge in [0.15, 0.2) is 15.7 Å². The van der Waals surface area contributed by atoms with Gasteiger partial charge in [-0.1, -0.05) is 13.0 Å². The zero-order valence-corrected chi connectivity index (χ0v) is 16.4. The molecule has 0 N–H and O–H groups in total. The lowest BCUT2D eigenvalue weighted by Crippen LogP contribution is -2.51. The molecule has 4 rings (SSSR count). The van der Waals surface area contributed by atoms with Gasteiger partial charge in [0.2, 0.25) is 0 Å². The highest BCUT2D eigenvalue weighted by molar-refractivity contribution is 7.91. The van der Waals surface area contributed by atoms with E-state index in [2.05, 4.69) is 32.8 Å². The second-order valence-electron chi connectivity index (χ2n) is 7.19. The van der Waals surface area contributed by atoms with Gasteiger partial charge >= 0.3 is 0 Å². The second kappa shape index (κ2) is 7.52. The number of hydrogen-bond acceptors (Lipinski definition) is 7.